The molecule has 0 aliphatic heterocycles. The maximum atomic E-state index is 4.22. The van der Waals surface area contributed by atoms with Crippen LogP contribution in [0.1, 0.15) is 28.3 Å². The smallest absolute Gasteiger partial charge is 0.0522 e. The second kappa shape index (κ2) is 5.36. The van der Waals surface area contributed by atoms with Gasteiger partial charge in [-0.2, -0.15) is 5.10 Å². The minimum Gasteiger partial charge on any atom is -0.313 e. The molecule has 3 nitrogen and oxygen atoms in total. The first-order valence-electron chi connectivity index (χ1n) is 6.32. The van der Waals surface area contributed by atoms with Gasteiger partial charge in [-0.1, -0.05) is 18.2 Å². The second-order valence-electron chi connectivity index (χ2n) is 4.91. The van der Waals surface area contributed by atoms with E-state index in [1.165, 1.54) is 22.3 Å². The Hall–Kier alpha value is -1.61. The van der Waals surface area contributed by atoms with Crippen molar-refractivity contribution < 1.29 is 0 Å². The summed E-state index contributed by atoms with van der Waals surface area (Å²) >= 11 is 0. The number of nitrogens with zero attached hydrogens (tertiary/aromatic N) is 2. The lowest BCUT2D eigenvalue weighted by atomic mass is 9.97. The highest BCUT2D eigenvalue weighted by Gasteiger charge is 2.11. The standard InChI is InChI=1S/C15H21N3/c1-11-5-6-14(7-12(11)2)15(16-3)8-13-9-17-18(4)10-13/h5-7,9-10,15-16H,8H2,1-4H3. The fourth-order valence-corrected chi connectivity index (χ4v) is 2.18. The topological polar surface area (TPSA) is 29.9 Å². The molecule has 0 radical (unpaired) electrons. The summed E-state index contributed by atoms with van der Waals surface area (Å²) in [6.07, 6.45) is 4.98. The average Bonchev–Trinajstić information content (AvgIpc) is 2.75. The molecule has 2 rings (SSSR count). The number of nitrogens with one attached hydrogen (secondary N) is 1. The van der Waals surface area contributed by atoms with Crippen LogP contribution in [-0.4, -0.2) is 16.8 Å². The molecule has 0 aliphatic carbocycles. The van der Waals surface area contributed by atoms with Crippen molar-refractivity contribution in [2.75, 3.05) is 7.05 Å². The molecule has 0 spiro atoms. The largest absolute Gasteiger partial charge is 0.313 e. The van der Waals surface area contributed by atoms with Gasteiger partial charge < -0.3 is 5.32 Å². The number of aromatic nitrogens is 2. The van der Waals surface area contributed by atoms with Crippen molar-refractivity contribution in [2.45, 2.75) is 26.3 Å². The number of hydrogen-bond donors (Lipinski definition) is 1. The predicted molar refractivity (Wildman–Crippen MR) is 74.6 cm³/mol. The molecule has 1 atom stereocenters. The lowest BCUT2D eigenvalue weighted by Crippen LogP contribution is -2.18. The second-order valence-corrected chi connectivity index (χ2v) is 4.91. The fraction of sp³-hybridized carbons (Fsp3) is 0.400. The molecule has 3 heteroatoms. The van der Waals surface area contributed by atoms with Crippen LogP contribution in [-0.2, 0) is 13.5 Å². The van der Waals surface area contributed by atoms with Crippen LogP contribution in [0.25, 0.3) is 0 Å². The van der Waals surface area contributed by atoms with Crippen LogP contribution in [0.2, 0.25) is 0 Å². The van der Waals surface area contributed by atoms with Gasteiger partial charge in [0.2, 0.25) is 0 Å². The number of likely N-dealkylation sites (N-methyl/N-ethyl adjacent to an activating group) is 1. The van der Waals surface area contributed by atoms with E-state index in [9.17, 15) is 0 Å². The first kappa shape index (κ1) is 12.8. The molecule has 0 saturated heterocycles. The molecule has 0 fully saturated rings. The van der Waals surface area contributed by atoms with Gasteiger partial charge in [0.25, 0.3) is 0 Å². The Bertz CT molecular complexity index is 528. The van der Waals surface area contributed by atoms with E-state index in [1.54, 1.807) is 0 Å². The summed E-state index contributed by atoms with van der Waals surface area (Å²) < 4.78 is 1.85. The molecule has 18 heavy (non-hydrogen) atoms. The Balaban J connectivity index is 2.19. The van der Waals surface area contributed by atoms with Crippen molar-refractivity contribution in [3.63, 3.8) is 0 Å². The number of aryl methyl sites for hydroxylation is 3. The lowest BCUT2D eigenvalue weighted by molar-refractivity contribution is 0.591. The predicted octanol–water partition coefficient (Wildman–Crippen LogP) is 2.54. The first-order valence-corrected chi connectivity index (χ1v) is 6.32. The molecule has 0 saturated carbocycles. The van der Waals surface area contributed by atoms with E-state index in [-0.39, 0.29) is 0 Å². The van der Waals surface area contributed by atoms with E-state index < -0.39 is 0 Å². The van der Waals surface area contributed by atoms with E-state index in [0.29, 0.717) is 6.04 Å². The SMILES string of the molecule is CNC(Cc1cnn(C)c1)c1ccc(C)c(C)c1. The van der Waals surface area contributed by atoms with E-state index in [2.05, 4.69) is 48.7 Å². The van der Waals surface area contributed by atoms with Gasteiger partial charge in [-0.25, -0.2) is 0 Å². The van der Waals surface area contributed by atoms with Gasteiger partial charge >= 0.3 is 0 Å². The minimum atomic E-state index is 0.341. The summed E-state index contributed by atoms with van der Waals surface area (Å²) in [4.78, 5) is 0. The van der Waals surface area contributed by atoms with Gasteiger partial charge in [0.05, 0.1) is 6.20 Å². The van der Waals surface area contributed by atoms with Crippen molar-refractivity contribution in [2.24, 2.45) is 7.05 Å². The summed E-state index contributed by atoms with van der Waals surface area (Å²) in [5, 5.41) is 7.60. The molecule has 2 aromatic rings. The molecular weight excluding hydrogens is 222 g/mol. The third-order valence-corrected chi connectivity index (χ3v) is 3.48. The van der Waals surface area contributed by atoms with Crippen molar-refractivity contribution in [3.8, 4) is 0 Å². The third-order valence-electron chi connectivity index (χ3n) is 3.48. The maximum Gasteiger partial charge on any atom is 0.0522 e. The van der Waals surface area contributed by atoms with E-state index in [4.69, 9.17) is 0 Å². The normalized spacial score (nSPS) is 12.7. The Kier molecular flexibility index (Phi) is 3.82. The molecule has 1 N–H and O–H groups in total. The zero-order valence-electron chi connectivity index (χ0n) is 11.6. The van der Waals surface area contributed by atoms with Crippen LogP contribution in [0.15, 0.2) is 30.6 Å². The number of benzene rings is 1. The van der Waals surface area contributed by atoms with E-state index >= 15 is 0 Å². The Morgan fingerprint density at radius 1 is 1.28 bits per heavy atom. The van der Waals surface area contributed by atoms with E-state index in [1.807, 2.05) is 25.0 Å². The summed E-state index contributed by atoms with van der Waals surface area (Å²) in [5.74, 6) is 0. The van der Waals surface area contributed by atoms with Gasteiger partial charge in [0, 0.05) is 19.3 Å². The fourth-order valence-electron chi connectivity index (χ4n) is 2.18. The molecule has 0 aliphatic rings. The van der Waals surface area contributed by atoms with Gasteiger partial charge in [-0.3, -0.25) is 4.68 Å². The minimum absolute atomic E-state index is 0.341. The Morgan fingerprint density at radius 3 is 2.61 bits per heavy atom. The van der Waals surface area contributed by atoms with Crippen molar-refractivity contribution in [3.05, 3.63) is 52.8 Å². The molecule has 1 unspecified atom stereocenters. The summed E-state index contributed by atoms with van der Waals surface area (Å²) in [5.41, 5.74) is 5.29. The first-order chi connectivity index (χ1) is 8.60. The molecule has 0 amide bonds. The van der Waals surface area contributed by atoms with Crippen LogP contribution in [0.5, 0.6) is 0 Å². The van der Waals surface area contributed by atoms with Gasteiger partial charge in [-0.15, -0.1) is 0 Å². The molecule has 1 aromatic carbocycles. The third kappa shape index (κ3) is 2.79. The molecular formula is C15H21N3. The average molecular weight is 243 g/mol. The Labute approximate surface area is 109 Å². The quantitative estimate of drug-likeness (QED) is 0.894. The van der Waals surface area contributed by atoms with Gasteiger partial charge in [-0.05, 0) is 49.6 Å². The highest BCUT2D eigenvalue weighted by atomic mass is 15.2. The highest BCUT2D eigenvalue weighted by molar-refractivity contribution is 5.32. The van der Waals surface area contributed by atoms with Crippen LogP contribution >= 0.6 is 0 Å². The number of hydrogen-bond acceptors (Lipinski definition) is 2. The van der Waals surface area contributed by atoms with Gasteiger partial charge in [0.1, 0.15) is 0 Å². The molecule has 0 bridgehead atoms. The summed E-state index contributed by atoms with van der Waals surface area (Å²) in [6.45, 7) is 4.31. The van der Waals surface area contributed by atoms with Crippen LogP contribution in [0.4, 0.5) is 0 Å². The number of rotatable bonds is 4. The zero-order valence-corrected chi connectivity index (χ0v) is 11.6. The Morgan fingerprint density at radius 2 is 2.06 bits per heavy atom. The zero-order chi connectivity index (χ0) is 13.1. The van der Waals surface area contributed by atoms with Crippen molar-refractivity contribution >= 4 is 0 Å². The van der Waals surface area contributed by atoms with Crippen LogP contribution in [0.3, 0.4) is 0 Å². The highest BCUT2D eigenvalue weighted by Crippen LogP contribution is 2.20. The van der Waals surface area contributed by atoms with Crippen LogP contribution < -0.4 is 5.32 Å². The molecule has 1 heterocycles. The maximum absolute atomic E-state index is 4.22. The molecule has 96 valence electrons. The van der Waals surface area contributed by atoms with Gasteiger partial charge in [0.15, 0.2) is 0 Å². The van der Waals surface area contributed by atoms with Crippen LogP contribution in [0, 0.1) is 13.8 Å². The monoisotopic (exact) mass is 243 g/mol. The lowest BCUT2D eigenvalue weighted by Gasteiger charge is -2.17. The summed E-state index contributed by atoms with van der Waals surface area (Å²) in [7, 11) is 3.96. The van der Waals surface area contributed by atoms with E-state index in [0.717, 1.165) is 6.42 Å². The molecule has 1 aromatic heterocycles. The van der Waals surface area contributed by atoms with Crippen molar-refractivity contribution in [1.29, 1.82) is 0 Å². The summed E-state index contributed by atoms with van der Waals surface area (Å²) in [6, 6.07) is 7.01. The van der Waals surface area contributed by atoms with Crippen molar-refractivity contribution in [1.82, 2.24) is 15.1 Å².